The number of ether oxygens (including phenoxy) is 2. The quantitative estimate of drug-likeness (QED) is 0.127. The van der Waals surface area contributed by atoms with Crippen LogP contribution in [-0.2, 0) is 21.1 Å². The van der Waals surface area contributed by atoms with Crippen molar-refractivity contribution in [3.05, 3.63) is 64.0 Å². The first-order valence-corrected chi connectivity index (χ1v) is 14.6. The molecule has 2 aliphatic rings. The number of azide groups is 1. The summed E-state index contributed by atoms with van der Waals surface area (Å²) in [4.78, 5) is 19.6. The van der Waals surface area contributed by atoms with Gasteiger partial charge in [-0.25, -0.2) is 0 Å². The van der Waals surface area contributed by atoms with Crippen LogP contribution in [0.25, 0.3) is 10.4 Å². The lowest BCUT2D eigenvalue weighted by molar-refractivity contribution is -0.276. The van der Waals surface area contributed by atoms with Crippen LogP contribution < -0.4 is 15.0 Å². The molecule has 0 atom stereocenters. The molecule has 1 aliphatic heterocycles. The lowest BCUT2D eigenvalue weighted by Crippen LogP contribution is -2.50. The lowest BCUT2D eigenvalue weighted by Gasteiger charge is -2.37. The van der Waals surface area contributed by atoms with Crippen molar-refractivity contribution in [3.8, 4) is 5.75 Å². The molecule has 2 fully saturated rings. The second-order valence-electron chi connectivity index (χ2n) is 11.9. The van der Waals surface area contributed by atoms with E-state index in [1.807, 2.05) is 38.1 Å². The Balaban J connectivity index is 1.20. The zero-order chi connectivity index (χ0) is 32.8. The number of carbonyl (C=O) groups is 1. The molecule has 1 saturated heterocycles. The molecule has 0 spiro atoms. The summed E-state index contributed by atoms with van der Waals surface area (Å²) in [5.41, 5.74) is 8.99. The van der Waals surface area contributed by atoms with Gasteiger partial charge >= 0.3 is 12.5 Å². The summed E-state index contributed by atoms with van der Waals surface area (Å²) >= 11 is 0. The molecule has 2 aromatic carbocycles. The number of nitrogens with zero attached hydrogens (tertiary/aromatic N) is 5. The van der Waals surface area contributed by atoms with Crippen LogP contribution in [0, 0.1) is 0 Å². The number of hydrogen-bond acceptors (Lipinski definition) is 6. The Kier molecular flexibility index (Phi) is 10.6. The van der Waals surface area contributed by atoms with Crippen LogP contribution in [0.3, 0.4) is 0 Å². The predicted octanol–water partition coefficient (Wildman–Crippen LogP) is 7.28. The third kappa shape index (κ3) is 9.57. The molecule has 0 unspecified atom stereocenters. The van der Waals surface area contributed by atoms with Crippen LogP contribution in [0.2, 0.25) is 0 Å². The summed E-state index contributed by atoms with van der Waals surface area (Å²) in [7, 11) is 0. The molecule has 0 radical (unpaired) electrons. The van der Waals surface area contributed by atoms with Crippen LogP contribution in [0.1, 0.15) is 50.7 Å². The smallest absolute Gasteiger partial charge is 0.405 e. The highest BCUT2D eigenvalue weighted by molar-refractivity contribution is 5.77. The molecule has 2 aromatic rings. The van der Waals surface area contributed by atoms with Gasteiger partial charge in [0, 0.05) is 55.1 Å². The number of halogens is 6. The Bertz CT molecular complexity index is 1350. The van der Waals surface area contributed by atoms with Crippen molar-refractivity contribution < 1.29 is 40.6 Å². The van der Waals surface area contributed by atoms with E-state index in [0.29, 0.717) is 70.5 Å². The van der Waals surface area contributed by atoms with E-state index in [2.05, 4.69) is 25.0 Å². The number of amides is 1. The fourth-order valence-corrected chi connectivity index (χ4v) is 5.58. The maximum atomic E-state index is 13.4. The summed E-state index contributed by atoms with van der Waals surface area (Å²) in [6, 6.07) is 10.3. The Morgan fingerprint density at radius 2 is 1.62 bits per heavy atom. The average molecular weight is 643 g/mol. The summed E-state index contributed by atoms with van der Waals surface area (Å²) in [6.45, 7) is 6.78. The van der Waals surface area contributed by atoms with Gasteiger partial charge < -0.3 is 24.6 Å². The maximum Gasteiger partial charge on any atom is 0.573 e. The molecule has 15 heteroatoms. The molecule has 0 aromatic heterocycles. The van der Waals surface area contributed by atoms with Crippen molar-refractivity contribution in [2.45, 2.75) is 69.6 Å². The van der Waals surface area contributed by atoms with E-state index in [-0.39, 0.29) is 35.8 Å². The van der Waals surface area contributed by atoms with Gasteiger partial charge in [-0.05, 0) is 72.5 Å². The summed E-state index contributed by atoms with van der Waals surface area (Å²) in [5, 5.41) is 6.67. The van der Waals surface area contributed by atoms with Gasteiger partial charge in [0.05, 0.1) is 11.7 Å². The van der Waals surface area contributed by atoms with Crippen molar-refractivity contribution in [2.24, 2.45) is 5.11 Å². The van der Waals surface area contributed by atoms with Gasteiger partial charge in [-0.1, -0.05) is 31.1 Å². The predicted molar refractivity (Wildman–Crippen MR) is 156 cm³/mol. The molecule has 1 aliphatic carbocycles. The zero-order valence-corrected chi connectivity index (χ0v) is 25.0. The Morgan fingerprint density at radius 3 is 2.20 bits per heavy atom. The number of carbonyl (C=O) groups excluding carboxylic acids is 1. The van der Waals surface area contributed by atoms with Gasteiger partial charge in [-0.2, -0.15) is 13.2 Å². The molecule has 9 nitrogen and oxygen atoms in total. The molecule has 1 heterocycles. The van der Waals surface area contributed by atoms with Crippen LogP contribution in [-0.4, -0.2) is 68.6 Å². The van der Waals surface area contributed by atoms with Crippen LogP contribution >= 0.6 is 0 Å². The first kappa shape index (κ1) is 34.0. The maximum absolute atomic E-state index is 13.4. The van der Waals surface area contributed by atoms with Crippen LogP contribution in [0.5, 0.6) is 5.75 Å². The molecule has 1 amide bonds. The van der Waals surface area contributed by atoms with Gasteiger partial charge in [0.1, 0.15) is 12.4 Å². The summed E-state index contributed by atoms with van der Waals surface area (Å²) in [5.74, 6) is -1.41. The third-order valence-corrected chi connectivity index (χ3v) is 8.17. The number of rotatable bonds is 10. The Hall–Kier alpha value is -3.84. The second kappa shape index (κ2) is 14.1. The summed E-state index contributed by atoms with van der Waals surface area (Å²) < 4.78 is 87.1. The van der Waals surface area contributed by atoms with Crippen molar-refractivity contribution in [1.82, 2.24) is 4.90 Å². The number of hydrogen-bond donors (Lipinski definition) is 1. The van der Waals surface area contributed by atoms with Crippen LogP contribution in [0.4, 0.5) is 37.7 Å². The third-order valence-electron chi connectivity index (χ3n) is 8.17. The van der Waals surface area contributed by atoms with E-state index in [1.54, 1.807) is 4.90 Å². The minimum atomic E-state index is -5.25. The van der Waals surface area contributed by atoms with Gasteiger partial charge in [-0.15, -0.1) is 13.2 Å². The first-order valence-electron chi connectivity index (χ1n) is 14.6. The zero-order valence-electron chi connectivity index (χ0n) is 25.0. The van der Waals surface area contributed by atoms with E-state index in [9.17, 15) is 31.1 Å². The monoisotopic (exact) mass is 642 g/mol. The van der Waals surface area contributed by atoms with Crippen molar-refractivity contribution in [3.63, 3.8) is 0 Å². The van der Waals surface area contributed by atoms with Crippen molar-refractivity contribution in [2.75, 3.05) is 49.5 Å². The molecule has 1 saturated carbocycles. The number of nitrogens with one attached hydrogen (secondary N) is 1. The number of anilines is 2. The average Bonchev–Trinajstić information content (AvgIpc) is 2.99. The van der Waals surface area contributed by atoms with Crippen molar-refractivity contribution >= 4 is 17.3 Å². The molecule has 45 heavy (non-hydrogen) atoms. The van der Waals surface area contributed by atoms with Gasteiger partial charge in [0.25, 0.3) is 0 Å². The SMILES string of the molecule is CC(C)(CN=[N+]=[N-])c1ccc(N2CCN(C(=O)CO[C@H]3CC[C@@H](Nc4ccc(OC(F)(F)F)c(C(F)(F)F)c4)CC3)CC2)cc1. The molecular weight excluding hydrogens is 606 g/mol. The molecule has 4 rings (SSSR count). The normalized spacial score (nSPS) is 19.6. The molecule has 0 bridgehead atoms. The largest absolute Gasteiger partial charge is 0.573 e. The molecule has 246 valence electrons. The fraction of sp³-hybridized carbons (Fsp3) is 0.567. The Morgan fingerprint density at radius 1 is 0.978 bits per heavy atom. The van der Waals surface area contributed by atoms with E-state index < -0.39 is 23.9 Å². The van der Waals surface area contributed by atoms with E-state index >= 15 is 0 Å². The van der Waals surface area contributed by atoms with Gasteiger partial charge in [-0.3, -0.25) is 4.79 Å². The van der Waals surface area contributed by atoms with Gasteiger partial charge in [0.2, 0.25) is 5.91 Å². The topological polar surface area (TPSA) is 103 Å². The standard InChI is InChI=1S/C30H36F6N6O3/c1-28(2,19-38-40-37)20-3-8-23(9-4-20)41-13-15-42(16-14-41)27(43)18-44-24-10-5-21(6-11-24)39-22-7-12-26(45-30(34,35)36)25(17-22)29(31,32)33/h3-4,7-9,12,17,21,24,39H,5-6,10-11,13-16,18-19H2,1-2H3/t21-,24+. The molecular formula is C30H36F6N6O3. The minimum Gasteiger partial charge on any atom is -0.405 e. The second-order valence-corrected chi connectivity index (χ2v) is 11.9. The van der Waals surface area contributed by atoms with Crippen LogP contribution in [0.15, 0.2) is 47.6 Å². The number of piperazine rings is 1. The fourth-order valence-electron chi connectivity index (χ4n) is 5.58. The van der Waals surface area contributed by atoms with E-state index in [1.165, 1.54) is 0 Å². The number of alkyl halides is 6. The summed E-state index contributed by atoms with van der Waals surface area (Å²) in [6.07, 6.45) is -8.18. The number of benzene rings is 2. The van der Waals surface area contributed by atoms with Crippen molar-refractivity contribution in [1.29, 1.82) is 0 Å². The van der Waals surface area contributed by atoms with E-state index in [4.69, 9.17) is 10.3 Å². The highest BCUT2D eigenvalue weighted by Crippen LogP contribution is 2.40. The molecule has 1 N–H and O–H groups in total. The Labute approximate surface area is 257 Å². The highest BCUT2D eigenvalue weighted by atomic mass is 19.4. The highest BCUT2D eigenvalue weighted by Gasteiger charge is 2.39. The lowest BCUT2D eigenvalue weighted by atomic mass is 9.85. The minimum absolute atomic E-state index is 0.0423. The van der Waals surface area contributed by atoms with E-state index in [0.717, 1.165) is 17.3 Å². The van der Waals surface area contributed by atoms with Gasteiger partial charge in [0.15, 0.2) is 0 Å². The first-order chi connectivity index (χ1) is 21.1.